The third kappa shape index (κ3) is 4.96. The van der Waals surface area contributed by atoms with Crippen molar-refractivity contribution >= 4 is 57.3 Å². The molecule has 3 aromatic rings. The number of thioether (sulfide) groups is 1. The summed E-state index contributed by atoms with van der Waals surface area (Å²) >= 11 is 1.68. The van der Waals surface area contributed by atoms with Crippen LogP contribution in [0.1, 0.15) is 18.4 Å². The van der Waals surface area contributed by atoms with Crippen LogP contribution >= 0.6 is 11.8 Å². The maximum Gasteiger partial charge on any atom is 0.247 e. The molecular weight excluding hydrogens is 522 g/mol. The molecule has 1 amide bonds. The van der Waals surface area contributed by atoms with E-state index in [9.17, 15) is 4.79 Å². The van der Waals surface area contributed by atoms with Crippen LogP contribution in [-0.4, -0.2) is 56.2 Å². The van der Waals surface area contributed by atoms with Gasteiger partial charge in [0, 0.05) is 52.8 Å². The number of ether oxygens (including phenoxy) is 1. The molecule has 0 aliphatic carbocycles. The second kappa shape index (κ2) is 11.1. The number of piperidine rings is 1. The maximum absolute atomic E-state index is 12.4. The van der Waals surface area contributed by atoms with Crippen LogP contribution in [0, 0.1) is 0 Å². The molecule has 0 saturated carbocycles. The highest BCUT2D eigenvalue weighted by Crippen LogP contribution is 2.42. The molecule has 3 aliphatic heterocycles. The molecule has 0 bridgehead atoms. The summed E-state index contributed by atoms with van der Waals surface area (Å²) in [5, 5.41) is 16.5. The lowest BCUT2D eigenvalue weighted by Crippen LogP contribution is -2.41. The minimum absolute atomic E-state index is 0.00680. The van der Waals surface area contributed by atoms with Gasteiger partial charge in [-0.25, -0.2) is 4.99 Å². The molecule has 1 aromatic heterocycles. The molecule has 10 heteroatoms. The largest absolute Gasteiger partial charge is 0.494 e. The van der Waals surface area contributed by atoms with Gasteiger partial charge in [-0.1, -0.05) is 42.6 Å². The molecule has 40 heavy (non-hydrogen) atoms. The molecule has 6 rings (SSSR count). The summed E-state index contributed by atoms with van der Waals surface area (Å²) in [6, 6.07) is 12.6. The summed E-state index contributed by atoms with van der Waals surface area (Å²) < 4.78 is 5.84. The fourth-order valence-electron chi connectivity index (χ4n) is 5.46. The second-order valence-corrected chi connectivity index (χ2v) is 10.9. The fraction of sp³-hybridized carbons (Fsp3) is 0.267. The summed E-state index contributed by atoms with van der Waals surface area (Å²) in [5.74, 6) is 0.993. The highest BCUT2D eigenvalue weighted by Gasteiger charge is 2.29. The zero-order valence-electron chi connectivity index (χ0n) is 22.6. The second-order valence-electron chi connectivity index (χ2n) is 9.93. The van der Waals surface area contributed by atoms with Crippen LogP contribution in [0.5, 0.6) is 5.75 Å². The van der Waals surface area contributed by atoms with Crippen LogP contribution in [0.2, 0.25) is 0 Å². The van der Waals surface area contributed by atoms with Gasteiger partial charge in [-0.05, 0) is 43.5 Å². The molecule has 1 saturated heterocycles. The van der Waals surface area contributed by atoms with Gasteiger partial charge in [0.15, 0.2) is 0 Å². The van der Waals surface area contributed by atoms with Crippen LogP contribution in [0.15, 0.2) is 76.6 Å². The van der Waals surface area contributed by atoms with E-state index < -0.39 is 0 Å². The number of rotatable bonds is 7. The average molecular weight is 556 g/mol. The van der Waals surface area contributed by atoms with E-state index in [1.54, 1.807) is 18.9 Å². The Hall–Kier alpha value is -4.15. The van der Waals surface area contributed by atoms with Gasteiger partial charge in [0.1, 0.15) is 5.75 Å². The van der Waals surface area contributed by atoms with Gasteiger partial charge in [0.25, 0.3) is 0 Å². The number of aromatic nitrogens is 1. The number of aliphatic imine (C=N–C) groups is 1. The molecule has 9 nitrogen and oxygen atoms in total. The van der Waals surface area contributed by atoms with E-state index >= 15 is 0 Å². The summed E-state index contributed by atoms with van der Waals surface area (Å²) in [6.45, 7) is 5.39. The number of aromatic amines is 1. The predicted molar refractivity (Wildman–Crippen MR) is 166 cm³/mol. The molecule has 1 fully saturated rings. The van der Waals surface area contributed by atoms with Crippen LogP contribution < -0.4 is 30.9 Å². The molecule has 0 spiro atoms. The van der Waals surface area contributed by atoms with E-state index in [1.807, 2.05) is 37.5 Å². The molecule has 2 aromatic carbocycles. The normalized spacial score (nSPS) is 18.8. The number of amides is 1. The van der Waals surface area contributed by atoms with E-state index in [1.165, 1.54) is 6.08 Å². The van der Waals surface area contributed by atoms with Crippen molar-refractivity contribution in [2.24, 2.45) is 4.99 Å². The Labute approximate surface area is 237 Å². The van der Waals surface area contributed by atoms with Crippen molar-refractivity contribution in [2.75, 3.05) is 42.8 Å². The van der Waals surface area contributed by atoms with Crippen molar-refractivity contribution in [3.8, 4) is 5.75 Å². The zero-order valence-corrected chi connectivity index (χ0v) is 23.4. The molecule has 0 radical (unpaired) electrons. The van der Waals surface area contributed by atoms with E-state index in [-0.39, 0.29) is 11.9 Å². The Morgan fingerprint density at radius 2 is 2.05 bits per heavy atom. The van der Waals surface area contributed by atoms with Gasteiger partial charge in [-0.2, -0.15) is 0 Å². The van der Waals surface area contributed by atoms with E-state index in [0.29, 0.717) is 29.1 Å². The van der Waals surface area contributed by atoms with Gasteiger partial charge in [0.2, 0.25) is 11.9 Å². The number of hydrogen-bond donors (Lipinski definition) is 5. The molecule has 4 heterocycles. The minimum atomic E-state index is -0.266. The Kier molecular flexibility index (Phi) is 7.27. The van der Waals surface area contributed by atoms with Crippen LogP contribution in [0.3, 0.4) is 0 Å². The SMILES string of the molecule is C=CC(=O)Nc1cc(NC2=NC(c3c[nH]c4ccccc34)=C3SC=CC3N2)c(OC)cc1N1CCC(NC)CC1. The molecule has 5 N–H and O–H groups in total. The van der Waals surface area contributed by atoms with Crippen molar-refractivity contribution in [1.29, 1.82) is 0 Å². The number of carbonyl (C=O) groups is 1. The summed E-state index contributed by atoms with van der Waals surface area (Å²) in [5.41, 5.74) is 5.35. The Bertz CT molecular complexity index is 1550. The Morgan fingerprint density at radius 1 is 1.23 bits per heavy atom. The van der Waals surface area contributed by atoms with Gasteiger partial charge in [-0.15, -0.1) is 0 Å². The van der Waals surface area contributed by atoms with E-state index in [0.717, 1.165) is 58.7 Å². The van der Waals surface area contributed by atoms with E-state index in [4.69, 9.17) is 9.73 Å². The highest BCUT2D eigenvalue weighted by molar-refractivity contribution is 8.06. The number of para-hydroxylation sites is 1. The quantitative estimate of drug-likeness (QED) is 0.265. The Morgan fingerprint density at radius 3 is 2.83 bits per heavy atom. The number of fused-ring (bicyclic) bond motifs is 2. The smallest absolute Gasteiger partial charge is 0.247 e. The first-order valence-corrected chi connectivity index (χ1v) is 14.3. The first-order chi connectivity index (χ1) is 19.6. The highest BCUT2D eigenvalue weighted by atomic mass is 32.2. The number of nitrogens with one attached hydrogen (secondary N) is 5. The van der Waals surface area contributed by atoms with Crippen LogP contribution in [0.4, 0.5) is 17.1 Å². The molecule has 1 unspecified atom stereocenters. The number of H-pyrrole nitrogens is 1. The number of benzene rings is 2. The summed E-state index contributed by atoms with van der Waals surface area (Å²) in [7, 11) is 3.66. The first-order valence-electron chi connectivity index (χ1n) is 13.4. The van der Waals surface area contributed by atoms with Crippen LogP contribution in [-0.2, 0) is 4.79 Å². The van der Waals surface area contributed by atoms with Crippen molar-refractivity contribution in [3.05, 3.63) is 77.2 Å². The third-order valence-corrected chi connectivity index (χ3v) is 8.59. The van der Waals surface area contributed by atoms with E-state index in [2.05, 4.69) is 61.3 Å². The van der Waals surface area contributed by atoms with Crippen molar-refractivity contribution in [3.63, 3.8) is 0 Å². The van der Waals surface area contributed by atoms with Gasteiger partial charge >= 0.3 is 0 Å². The molecule has 1 atom stereocenters. The lowest BCUT2D eigenvalue weighted by Gasteiger charge is -2.35. The fourth-order valence-corrected chi connectivity index (χ4v) is 6.39. The van der Waals surface area contributed by atoms with Crippen molar-refractivity contribution < 1.29 is 9.53 Å². The maximum atomic E-state index is 12.4. The number of hydrogen-bond acceptors (Lipinski definition) is 8. The molecule has 3 aliphatic rings. The van der Waals surface area contributed by atoms with Gasteiger partial charge in [-0.3, -0.25) is 4.79 Å². The van der Waals surface area contributed by atoms with Crippen molar-refractivity contribution in [1.82, 2.24) is 15.6 Å². The van der Waals surface area contributed by atoms with Crippen molar-refractivity contribution in [2.45, 2.75) is 24.9 Å². The van der Waals surface area contributed by atoms with Crippen LogP contribution in [0.25, 0.3) is 16.6 Å². The average Bonchev–Trinajstić information content (AvgIpc) is 3.64. The number of carbonyl (C=O) groups excluding carboxylic acids is 1. The molecule has 206 valence electrons. The number of guanidine groups is 1. The topological polar surface area (TPSA) is 106 Å². The lowest BCUT2D eigenvalue weighted by atomic mass is 10.0. The Balaban J connectivity index is 1.36. The molecular formula is C30H33N7O2S. The lowest BCUT2D eigenvalue weighted by molar-refractivity contribution is -0.111. The number of methoxy groups -OCH3 is 1. The van der Waals surface area contributed by atoms with Gasteiger partial charge < -0.3 is 35.9 Å². The number of anilines is 3. The first kappa shape index (κ1) is 26.1. The zero-order chi connectivity index (χ0) is 27.6. The third-order valence-electron chi connectivity index (χ3n) is 7.60. The predicted octanol–water partition coefficient (Wildman–Crippen LogP) is 4.86. The van der Waals surface area contributed by atoms with Gasteiger partial charge in [0.05, 0.1) is 35.9 Å². The summed E-state index contributed by atoms with van der Waals surface area (Å²) in [4.78, 5) is 24.3. The monoisotopic (exact) mass is 555 g/mol. The minimum Gasteiger partial charge on any atom is -0.494 e. The summed E-state index contributed by atoms with van der Waals surface area (Å²) in [6.07, 6.45) is 7.48. The standard InChI is InChI=1S/C30H33N7O2S/c1-4-27(38)33-23-15-24(26(39-3)16-25(23)37-12-9-18(31-2)10-13-37)35-30-34-22-11-14-40-29(22)28(36-30)20-17-32-21-8-6-5-7-19(20)21/h4-8,11,14-18,22,31-32H,1,9-10,12-13H2,2-3H3,(H,33,38)(H2,34,35,36). The number of nitrogens with zero attached hydrogens (tertiary/aromatic N) is 2.